The first-order chi connectivity index (χ1) is 15.0. The van der Waals surface area contributed by atoms with Crippen LogP contribution in [0.25, 0.3) is 0 Å². The van der Waals surface area contributed by atoms with Gasteiger partial charge in [-0.05, 0) is 43.4 Å². The summed E-state index contributed by atoms with van der Waals surface area (Å²) >= 11 is 0. The third-order valence-corrected chi connectivity index (χ3v) is 5.54. The molecule has 0 unspecified atom stereocenters. The Morgan fingerprint density at radius 1 is 1.19 bits per heavy atom. The van der Waals surface area contributed by atoms with E-state index in [1.54, 1.807) is 13.1 Å². The molecule has 8 nitrogen and oxygen atoms in total. The number of nitrogens with one attached hydrogen (secondary N) is 1. The summed E-state index contributed by atoms with van der Waals surface area (Å²) in [4.78, 5) is 31.4. The van der Waals surface area contributed by atoms with E-state index in [0.29, 0.717) is 5.71 Å². The second kappa shape index (κ2) is 8.99. The minimum absolute atomic E-state index is 0.00559. The van der Waals surface area contributed by atoms with Gasteiger partial charge in [0.05, 0.1) is 18.3 Å². The fourth-order valence-electron chi connectivity index (χ4n) is 3.99. The molecule has 3 heterocycles. The van der Waals surface area contributed by atoms with Gasteiger partial charge in [-0.3, -0.25) is 24.3 Å². The molecule has 4 rings (SSSR count). The number of pyridine rings is 1. The molecule has 1 saturated heterocycles. The summed E-state index contributed by atoms with van der Waals surface area (Å²) in [6, 6.07) is 13.2. The Bertz CT molecular complexity index is 1190. The van der Waals surface area contributed by atoms with Gasteiger partial charge in [-0.1, -0.05) is 36.4 Å². The highest BCUT2D eigenvalue weighted by Crippen LogP contribution is 2.31. The van der Waals surface area contributed by atoms with Crippen molar-refractivity contribution in [1.29, 1.82) is 0 Å². The highest BCUT2D eigenvalue weighted by molar-refractivity contribution is 6.00. The average Bonchev–Trinajstić information content (AvgIpc) is 2.78. The van der Waals surface area contributed by atoms with Crippen molar-refractivity contribution in [3.05, 3.63) is 92.4 Å². The van der Waals surface area contributed by atoms with Crippen LogP contribution < -0.4 is 11.2 Å². The van der Waals surface area contributed by atoms with Crippen molar-refractivity contribution in [2.75, 3.05) is 6.54 Å². The summed E-state index contributed by atoms with van der Waals surface area (Å²) in [7, 11) is 0. The molecule has 0 amide bonds. The molecule has 8 heteroatoms. The molecule has 160 valence electrons. The van der Waals surface area contributed by atoms with E-state index in [2.05, 4.69) is 9.97 Å². The van der Waals surface area contributed by atoms with Gasteiger partial charge in [-0.15, -0.1) is 0 Å². The molecule has 1 aliphatic rings. The van der Waals surface area contributed by atoms with Crippen molar-refractivity contribution in [3.63, 3.8) is 0 Å². The summed E-state index contributed by atoms with van der Waals surface area (Å²) < 4.78 is 1.15. The van der Waals surface area contributed by atoms with Crippen LogP contribution in [0.1, 0.15) is 48.9 Å². The lowest BCUT2D eigenvalue weighted by Gasteiger charge is -2.34. The Morgan fingerprint density at radius 3 is 2.74 bits per heavy atom. The SMILES string of the molecule is CC(=NN1CCCC[C@H]1c1cccnc1)c1c(O)n(Cc2ccccc2)c(=O)[nH]c1=O. The molecule has 0 bridgehead atoms. The molecule has 0 saturated carbocycles. The Morgan fingerprint density at radius 2 is 2.00 bits per heavy atom. The van der Waals surface area contributed by atoms with Gasteiger partial charge in [0.2, 0.25) is 5.88 Å². The molecular weight excluding hydrogens is 394 g/mol. The van der Waals surface area contributed by atoms with Gasteiger partial charge < -0.3 is 5.11 Å². The number of hydrazone groups is 1. The monoisotopic (exact) mass is 419 g/mol. The summed E-state index contributed by atoms with van der Waals surface area (Å²) in [5.41, 5.74) is 0.950. The minimum atomic E-state index is -0.658. The van der Waals surface area contributed by atoms with Crippen LogP contribution in [0.5, 0.6) is 5.88 Å². The number of aromatic hydroxyl groups is 1. The number of benzene rings is 1. The fourth-order valence-corrected chi connectivity index (χ4v) is 3.99. The highest BCUT2D eigenvalue weighted by atomic mass is 16.3. The van der Waals surface area contributed by atoms with E-state index in [9.17, 15) is 14.7 Å². The van der Waals surface area contributed by atoms with Gasteiger partial charge >= 0.3 is 5.69 Å². The van der Waals surface area contributed by atoms with E-state index in [0.717, 1.165) is 41.5 Å². The standard InChI is InChI=1S/C23H25N5O3/c1-16(26-28-13-6-5-11-19(28)18-10-7-12-24-14-18)20-21(29)25-23(31)27(22(20)30)15-17-8-3-2-4-9-17/h2-4,7-10,12,14,19,30H,5-6,11,13,15H2,1H3,(H,25,29,31)/t19-/m0/s1. The second-order valence-corrected chi connectivity index (χ2v) is 7.68. The van der Waals surface area contributed by atoms with E-state index in [4.69, 9.17) is 5.10 Å². The zero-order valence-corrected chi connectivity index (χ0v) is 17.4. The van der Waals surface area contributed by atoms with Gasteiger partial charge in [0.15, 0.2) is 0 Å². The Kier molecular flexibility index (Phi) is 5.97. The highest BCUT2D eigenvalue weighted by Gasteiger charge is 2.25. The maximum absolute atomic E-state index is 12.6. The van der Waals surface area contributed by atoms with Crippen LogP contribution >= 0.6 is 0 Å². The Labute approximate surface area is 179 Å². The van der Waals surface area contributed by atoms with Crippen molar-refractivity contribution >= 4 is 5.71 Å². The molecule has 0 radical (unpaired) electrons. The van der Waals surface area contributed by atoms with Gasteiger partial charge in [0, 0.05) is 18.9 Å². The predicted octanol–water partition coefficient (Wildman–Crippen LogP) is 2.64. The largest absolute Gasteiger partial charge is 0.494 e. The van der Waals surface area contributed by atoms with E-state index in [1.807, 2.05) is 53.7 Å². The zero-order chi connectivity index (χ0) is 21.8. The van der Waals surface area contributed by atoms with Crippen molar-refractivity contribution < 1.29 is 5.11 Å². The van der Waals surface area contributed by atoms with Crippen LogP contribution in [-0.2, 0) is 6.54 Å². The van der Waals surface area contributed by atoms with Crippen LogP contribution in [-0.4, -0.2) is 36.9 Å². The first kappa shape index (κ1) is 20.6. The molecule has 0 spiro atoms. The van der Waals surface area contributed by atoms with Crippen LogP contribution in [0.15, 0.2) is 69.5 Å². The van der Waals surface area contributed by atoms with E-state index in [1.165, 1.54) is 0 Å². The second-order valence-electron chi connectivity index (χ2n) is 7.68. The van der Waals surface area contributed by atoms with E-state index in [-0.39, 0.29) is 24.0 Å². The lowest BCUT2D eigenvalue weighted by atomic mass is 9.98. The number of piperidine rings is 1. The topological polar surface area (TPSA) is 104 Å². The smallest absolute Gasteiger partial charge is 0.331 e. The lowest BCUT2D eigenvalue weighted by Crippen LogP contribution is -2.35. The zero-order valence-electron chi connectivity index (χ0n) is 17.4. The molecule has 31 heavy (non-hydrogen) atoms. The van der Waals surface area contributed by atoms with Gasteiger partial charge in [0.1, 0.15) is 5.56 Å². The molecule has 2 aromatic heterocycles. The fraction of sp³-hybridized carbons (Fsp3) is 0.304. The molecule has 1 fully saturated rings. The number of hydrogen-bond donors (Lipinski definition) is 2. The van der Waals surface area contributed by atoms with E-state index < -0.39 is 11.2 Å². The van der Waals surface area contributed by atoms with Gasteiger partial charge in [0.25, 0.3) is 5.56 Å². The summed E-state index contributed by atoms with van der Waals surface area (Å²) in [6.07, 6.45) is 6.57. The van der Waals surface area contributed by atoms with Gasteiger partial charge in [-0.25, -0.2) is 4.79 Å². The average molecular weight is 419 g/mol. The molecule has 1 atom stereocenters. The van der Waals surface area contributed by atoms with E-state index >= 15 is 0 Å². The number of hydrogen-bond acceptors (Lipinski definition) is 6. The molecule has 1 aromatic carbocycles. The van der Waals surface area contributed by atoms with Gasteiger partial charge in [-0.2, -0.15) is 5.10 Å². The van der Waals surface area contributed by atoms with Crippen LogP contribution in [0.4, 0.5) is 0 Å². The number of aromatic nitrogens is 3. The first-order valence-electron chi connectivity index (χ1n) is 10.4. The maximum Gasteiger partial charge on any atom is 0.331 e. The first-order valence-corrected chi connectivity index (χ1v) is 10.4. The molecule has 1 aliphatic heterocycles. The molecule has 2 N–H and O–H groups in total. The van der Waals surface area contributed by atoms with Crippen molar-refractivity contribution in [2.45, 2.75) is 38.8 Å². The Balaban J connectivity index is 1.71. The summed E-state index contributed by atoms with van der Waals surface area (Å²) in [5.74, 6) is -0.381. The molecule has 3 aromatic rings. The normalized spacial score (nSPS) is 17.0. The van der Waals surface area contributed by atoms with Crippen molar-refractivity contribution in [2.24, 2.45) is 5.10 Å². The third kappa shape index (κ3) is 4.42. The molecule has 0 aliphatic carbocycles. The van der Waals surface area contributed by atoms with Crippen molar-refractivity contribution in [3.8, 4) is 5.88 Å². The molecular formula is C23H25N5O3. The minimum Gasteiger partial charge on any atom is -0.494 e. The van der Waals surface area contributed by atoms with Crippen molar-refractivity contribution in [1.82, 2.24) is 19.5 Å². The quantitative estimate of drug-likeness (QED) is 0.619. The number of aromatic amines is 1. The predicted molar refractivity (Wildman–Crippen MR) is 118 cm³/mol. The lowest BCUT2D eigenvalue weighted by molar-refractivity contribution is 0.155. The summed E-state index contributed by atoms with van der Waals surface area (Å²) in [5, 5.41) is 17.5. The maximum atomic E-state index is 12.6. The third-order valence-electron chi connectivity index (χ3n) is 5.54. The number of nitrogens with zero attached hydrogens (tertiary/aromatic N) is 4. The van der Waals surface area contributed by atoms with Crippen LogP contribution in [0.2, 0.25) is 0 Å². The summed E-state index contributed by atoms with van der Waals surface area (Å²) in [6.45, 7) is 2.56. The number of H-pyrrole nitrogens is 1. The number of rotatable bonds is 5. The van der Waals surface area contributed by atoms with Crippen LogP contribution in [0.3, 0.4) is 0 Å². The van der Waals surface area contributed by atoms with Crippen LogP contribution in [0, 0.1) is 0 Å². The Hall–Kier alpha value is -3.68.